The molecule has 0 heterocycles. The molecule has 0 saturated heterocycles. The van der Waals surface area contributed by atoms with Crippen LogP contribution in [0.3, 0.4) is 0 Å². The highest BCUT2D eigenvalue weighted by molar-refractivity contribution is 5.85. The molecule has 1 rings (SSSR count). The number of nitrogens with one attached hydrogen (secondary N) is 1. The van der Waals surface area contributed by atoms with E-state index in [1.165, 1.54) is 5.56 Å². The Bertz CT molecular complexity index is 380. The van der Waals surface area contributed by atoms with Crippen LogP contribution in [0, 0.1) is 0 Å². The van der Waals surface area contributed by atoms with Crippen molar-refractivity contribution >= 4 is 12.4 Å². The van der Waals surface area contributed by atoms with Gasteiger partial charge in [-0.15, -0.1) is 19.0 Å². The van der Waals surface area contributed by atoms with Crippen LogP contribution >= 0.6 is 12.4 Å². The Balaban J connectivity index is 0.00000289. The first-order valence-electron chi connectivity index (χ1n) is 5.84. The van der Waals surface area contributed by atoms with E-state index in [4.69, 9.17) is 9.47 Å². The van der Waals surface area contributed by atoms with Gasteiger partial charge in [0.2, 0.25) is 0 Å². The standard InChI is InChI=1S/C14H21NO2.ClH/c1-5-7-12-8-11(10-15-3)9-13(16-4)14(12)17-6-2;/h5,8-9,15H,1,6-7,10H2,2-4H3;1H. The van der Waals surface area contributed by atoms with Crippen molar-refractivity contribution in [2.75, 3.05) is 20.8 Å². The molecule has 0 aliphatic heterocycles. The molecule has 1 aromatic carbocycles. The zero-order valence-electron chi connectivity index (χ0n) is 11.3. The van der Waals surface area contributed by atoms with Gasteiger partial charge >= 0.3 is 0 Å². The first-order chi connectivity index (χ1) is 8.26. The van der Waals surface area contributed by atoms with E-state index < -0.39 is 0 Å². The van der Waals surface area contributed by atoms with E-state index in [9.17, 15) is 0 Å². The second-order valence-corrected chi connectivity index (χ2v) is 3.74. The molecule has 0 radical (unpaired) electrons. The fourth-order valence-corrected chi connectivity index (χ4v) is 1.80. The van der Waals surface area contributed by atoms with Gasteiger partial charge in [-0.25, -0.2) is 0 Å². The molecule has 0 aliphatic carbocycles. The van der Waals surface area contributed by atoms with Crippen LogP contribution in [-0.4, -0.2) is 20.8 Å². The average Bonchev–Trinajstić information content (AvgIpc) is 2.33. The lowest BCUT2D eigenvalue weighted by atomic mass is 10.1. The van der Waals surface area contributed by atoms with Crippen LogP contribution in [0.25, 0.3) is 0 Å². The minimum atomic E-state index is 0. The van der Waals surface area contributed by atoms with Crippen molar-refractivity contribution in [2.24, 2.45) is 0 Å². The number of benzene rings is 1. The highest BCUT2D eigenvalue weighted by atomic mass is 35.5. The number of hydrogen-bond acceptors (Lipinski definition) is 3. The molecule has 0 unspecified atom stereocenters. The Kier molecular flexibility index (Phi) is 8.25. The summed E-state index contributed by atoms with van der Waals surface area (Å²) in [4.78, 5) is 0. The van der Waals surface area contributed by atoms with Crippen LogP contribution in [0.15, 0.2) is 24.8 Å². The summed E-state index contributed by atoms with van der Waals surface area (Å²) >= 11 is 0. The summed E-state index contributed by atoms with van der Waals surface area (Å²) in [5.74, 6) is 1.62. The summed E-state index contributed by atoms with van der Waals surface area (Å²) in [6, 6.07) is 4.14. The molecule has 0 saturated carbocycles. The summed E-state index contributed by atoms with van der Waals surface area (Å²) in [7, 11) is 3.59. The zero-order chi connectivity index (χ0) is 12.7. The van der Waals surface area contributed by atoms with E-state index in [2.05, 4.69) is 18.0 Å². The smallest absolute Gasteiger partial charge is 0.164 e. The summed E-state index contributed by atoms with van der Waals surface area (Å²) in [5, 5.41) is 3.13. The highest BCUT2D eigenvalue weighted by Crippen LogP contribution is 2.33. The second-order valence-electron chi connectivity index (χ2n) is 3.74. The molecular weight excluding hydrogens is 250 g/mol. The van der Waals surface area contributed by atoms with Gasteiger partial charge in [0.25, 0.3) is 0 Å². The monoisotopic (exact) mass is 271 g/mol. The lowest BCUT2D eigenvalue weighted by Crippen LogP contribution is -2.07. The number of allylic oxidation sites excluding steroid dienone is 1. The normalized spacial score (nSPS) is 9.50. The molecule has 4 heteroatoms. The molecule has 102 valence electrons. The first-order valence-corrected chi connectivity index (χ1v) is 5.84. The molecule has 0 atom stereocenters. The number of halogens is 1. The van der Waals surface area contributed by atoms with Gasteiger partial charge < -0.3 is 14.8 Å². The van der Waals surface area contributed by atoms with Crippen LogP contribution in [0.5, 0.6) is 11.5 Å². The summed E-state index contributed by atoms with van der Waals surface area (Å²) in [6.45, 7) is 7.19. The molecule has 0 amide bonds. The minimum Gasteiger partial charge on any atom is -0.493 e. The van der Waals surface area contributed by atoms with Crippen molar-refractivity contribution in [2.45, 2.75) is 19.9 Å². The fraction of sp³-hybridized carbons (Fsp3) is 0.429. The van der Waals surface area contributed by atoms with E-state index in [1.54, 1.807) is 7.11 Å². The van der Waals surface area contributed by atoms with Gasteiger partial charge in [0.15, 0.2) is 11.5 Å². The molecule has 0 aliphatic rings. The van der Waals surface area contributed by atoms with Crippen LogP contribution < -0.4 is 14.8 Å². The summed E-state index contributed by atoms with van der Waals surface area (Å²) in [5.41, 5.74) is 2.30. The van der Waals surface area contributed by atoms with Gasteiger partial charge in [-0.05, 0) is 32.0 Å². The topological polar surface area (TPSA) is 30.5 Å². The Morgan fingerprint density at radius 2 is 2.11 bits per heavy atom. The quantitative estimate of drug-likeness (QED) is 0.774. The number of methoxy groups -OCH3 is 1. The van der Waals surface area contributed by atoms with Gasteiger partial charge in [0.05, 0.1) is 13.7 Å². The molecule has 1 N–H and O–H groups in total. The van der Waals surface area contributed by atoms with Crippen LogP contribution in [0.2, 0.25) is 0 Å². The predicted molar refractivity (Wildman–Crippen MR) is 78.1 cm³/mol. The Hall–Kier alpha value is -1.19. The predicted octanol–water partition coefficient (Wildman–Crippen LogP) is 2.96. The second kappa shape index (κ2) is 8.84. The Labute approximate surface area is 116 Å². The number of hydrogen-bond donors (Lipinski definition) is 1. The van der Waals surface area contributed by atoms with Crippen molar-refractivity contribution in [3.63, 3.8) is 0 Å². The zero-order valence-corrected chi connectivity index (χ0v) is 12.1. The molecule has 0 spiro atoms. The van der Waals surface area contributed by atoms with Gasteiger partial charge in [-0.2, -0.15) is 0 Å². The third kappa shape index (κ3) is 4.24. The minimum absolute atomic E-state index is 0. The van der Waals surface area contributed by atoms with Crippen molar-refractivity contribution in [3.8, 4) is 11.5 Å². The van der Waals surface area contributed by atoms with Crippen LogP contribution in [0.4, 0.5) is 0 Å². The maximum absolute atomic E-state index is 5.65. The van der Waals surface area contributed by atoms with E-state index >= 15 is 0 Å². The molecule has 3 nitrogen and oxygen atoms in total. The van der Waals surface area contributed by atoms with Gasteiger partial charge in [-0.1, -0.05) is 12.1 Å². The highest BCUT2D eigenvalue weighted by Gasteiger charge is 2.11. The fourth-order valence-electron chi connectivity index (χ4n) is 1.80. The lowest BCUT2D eigenvalue weighted by Gasteiger charge is -2.15. The van der Waals surface area contributed by atoms with Crippen molar-refractivity contribution in [1.82, 2.24) is 5.32 Å². The van der Waals surface area contributed by atoms with E-state index in [-0.39, 0.29) is 12.4 Å². The number of rotatable bonds is 7. The summed E-state index contributed by atoms with van der Waals surface area (Å²) in [6.07, 6.45) is 2.66. The van der Waals surface area contributed by atoms with E-state index in [0.717, 1.165) is 30.0 Å². The van der Waals surface area contributed by atoms with Gasteiger partial charge in [0.1, 0.15) is 0 Å². The molecule has 18 heavy (non-hydrogen) atoms. The summed E-state index contributed by atoms with van der Waals surface area (Å²) < 4.78 is 11.0. The average molecular weight is 272 g/mol. The van der Waals surface area contributed by atoms with Crippen LogP contribution in [0.1, 0.15) is 18.1 Å². The Morgan fingerprint density at radius 3 is 2.61 bits per heavy atom. The third-order valence-corrected chi connectivity index (χ3v) is 2.45. The molecule has 0 fully saturated rings. The van der Waals surface area contributed by atoms with Gasteiger partial charge in [0, 0.05) is 12.1 Å². The van der Waals surface area contributed by atoms with E-state index in [0.29, 0.717) is 6.61 Å². The van der Waals surface area contributed by atoms with Crippen molar-refractivity contribution < 1.29 is 9.47 Å². The maximum atomic E-state index is 5.65. The van der Waals surface area contributed by atoms with Crippen molar-refractivity contribution in [3.05, 3.63) is 35.9 Å². The number of ether oxygens (including phenoxy) is 2. The van der Waals surface area contributed by atoms with E-state index in [1.807, 2.05) is 26.1 Å². The SMILES string of the molecule is C=CCc1cc(CNC)cc(OC)c1OCC.Cl. The molecule has 1 aromatic rings. The van der Waals surface area contributed by atoms with Gasteiger partial charge in [-0.3, -0.25) is 0 Å². The largest absolute Gasteiger partial charge is 0.493 e. The maximum Gasteiger partial charge on any atom is 0.164 e. The lowest BCUT2D eigenvalue weighted by molar-refractivity contribution is 0.308. The first kappa shape index (κ1) is 16.8. The third-order valence-electron chi connectivity index (χ3n) is 2.45. The Morgan fingerprint density at radius 1 is 1.39 bits per heavy atom. The molecule has 0 aromatic heterocycles. The van der Waals surface area contributed by atoms with Crippen molar-refractivity contribution in [1.29, 1.82) is 0 Å². The molecule has 0 bridgehead atoms. The van der Waals surface area contributed by atoms with Crippen LogP contribution in [-0.2, 0) is 13.0 Å². The molecular formula is C14H22ClNO2.